The second-order valence-corrected chi connectivity index (χ2v) is 9.06. The van der Waals surface area contributed by atoms with Gasteiger partial charge in [0.1, 0.15) is 6.19 Å². The maximum atomic E-state index is 8.66. The van der Waals surface area contributed by atoms with Crippen molar-refractivity contribution in [1.82, 2.24) is 0 Å². The van der Waals surface area contributed by atoms with Crippen LogP contribution in [0.3, 0.4) is 0 Å². The molecule has 0 aromatic heterocycles. The Balaban J connectivity index is 2.42. The molecule has 0 fully saturated rings. The highest BCUT2D eigenvalue weighted by Gasteiger charge is 2.21. The molecule has 0 aliphatic heterocycles. The molecule has 2 aromatic rings. The zero-order valence-electron chi connectivity index (χ0n) is 12.6. The van der Waals surface area contributed by atoms with Crippen molar-refractivity contribution in [1.29, 1.82) is 5.26 Å². The Bertz CT molecular complexity index is 674. The molecule has 0 atom stereocenters. The first-order valence-electron chi connectivity index (χ1n) is 7.31. The van der Waals surface area contributed by atoms with Gasteiger partial charge in [0.25, 0.3) is 0 Å². The molecule has 4 heteroatoms. The SMILES string of the molecule is C/C(CCCC#N)=N\P(=S)(c1ccccc1)c1ccccc1. The molecule has 0 N–H and O–H groups in total. The smallest absolute Gasteiger partial charge is 0.112 e. The van der Waals surface area contributed by atoms with E-state index < -0.39 is 6.19 Å². The van der Waals surface area contributed by atoms with Gasteiger partial charge in [0.05, 0.1) is 6.07 Å². The zero-order chi connectivity index (χ0) is 15.8. The molecular weight excluding hydrogens is 307 g/mol. The van der Waals surface area contributed by atoms with Crippen LogP contribution in [-0.4, -0.2) is 5.71 Å². The predicted octanol–water partition coefficient (Wildman–Crippen LogP) is 4.19. The van der Waals surface area contributed by atoms with Crippen molar-refractivity contribution in [3.05, 3.63) is 60.7 Å². The number of benzene rings is 2. The van der Waals surface area contributed by atoms with Crippen molar-refractivity contribution < 1.29 is 0 Å². The fourth-order valence-corrected chi connectivity index (χ4v) is 5.65. The third kappa shape index (κ3) is 4.13. The van der Waals surface area contributed by atoms with Gasteiger partial charge in [-0.2, -0.15) is 5.26 Å². The summed E-state index contributed by atoms with van der Waals surface area (Å²) in [6, 6.07) is 22.5. The fraction of sp³-hybridized carbons (Fsp3) is 0.222. The molecule has 112 valence electrons. The molecule has 2 nitrogen and oxygen atoms in total. The van der Waals surface area contributed by atoms with E-state index in [1.54, 1.807) is 0 Å². The van der Waals surface area contributed by atoms with Gasteiger partial charge in [0, 0.05) is 22.7 Å². The molecule has 22 heavy (non-hydrogen) atoms. The fourth-order valence-electron chi connectivity index (χ4n) is 2.24. The summed E-state index contributed by atoms with van der Waals surface area (Å²) in [5.41, 5.74) is 1.03. The van der Waals surface area contributed by atoms with E-state index in [1.165, 1.54) is 0 Å². The first-order chi connectivity index (χ1) is 10.7. The van der Waals surface area contributed by atoms with Crippen LogP contribution in [0, 0.1) is 11.3 Å². The van der Waals surface area contributed by atoms with Crippen LogP contribution in [0.15, 0.2) is 65.4 Å². The van der Waals surface area contributed by atoms with Gasteiger partial charge in [-0.15, -0.1) is 0 Å². The lowest BCUT2D eigenvalue weighted by molar-refractivity contribution is 0.901. The van der Waals surface area contributed by atoms with E-state index in [1.807, 2.05) is 43.3 Å². The number of nitrogens with zero attached hydrogens (tertiary/aromatic N) is 2. The molecule has 0 spiro atoms. The summed E-state index contributed by atoms with van der Waals surface area (Å²) in [7, 11) is 0. The Labute approximate surface area is 137 Å². The van der Waals surface area contributed by atoms with Crippen molar-refractivity contribution in [2.75, 3.05) is 0 Å². The topological polar surface area (TPSA) is 36.1 Å². The molecule has 0 aliphatic rings. The van der Waals surface area contributed by atoms with Gasteiger partial charge in [-0.3, -0.25) is 4.76 Å². The average Bonchev–Trinajstić information content (AvgIpc) is 2.56. The molecule has 2 rings (SSSR count). The highest BCUT2D eigenvalue weighted by atomic mass is 32.4. The molecule has 0 bridgehead atoms. The van der Waals surface area contributed by atoms with E-state index in [4.69, 9.17) is 21.8 Å². The van der Waals surface area contributed by atoms with E-state index >= 15 is 0 Å². The van der Waals surface area contributed by atoms with Gasteiger partial charge in [0.2, 0.25) is 0 Å². The zero-order valence-corrected chi connectivity index (χ0v) is 14.4. The summed E-state index contributed by atoms with van der Waals surface area (Å²) in [5.74, 6) is 0. The molecule has 0 aliphatic carbocycles. The Morgan fingerprint density at radius 1 is 1.05 bits per heavy atom. The number of rotatable bonds is 6. The largest absolute Gasteiger partial charge is 0.252 e. The molecular formula is C18H19N2PS. The second-order valence-electron chi connectivity index (χ2n) is 5.09. The van der Waals surface area contributed by atoms with Crippen LogP contribution in [0.5, 0.6) is 0 Å². The molecule has 0 heterocycles. The van der Waals surface area contributed by atoms with Gasteiger partial charge in [0.15, 0.2) is 0 Å². The maximum absolute atomic E-state index is 8.66. The summed E-state index contributed by atoms with van der Waals surface area (Å²) >= 11 is 6.05. The van der Waals surface area contributed by atoms with Crippen LogP contribution in [0.25, 0.3) is 0 Å². The Morgan fingerprint density at radius 3 is 2.00 bits per heavy atom. The minimum Gasteiger partial charge on any atom is -0.252 e. The summed E-state index contributed by atoms with van der Waals surface area (Å²) in [6.07, 6.45) is 0.0345. The van der Waals surface area contributed by atoms with Crippen LogP contribution >= 0.6 is 6.19 Å². The normalized spacial score (nSPS) is 11.9. The van der Waals surface area contributed by atoms with E-state index in [0.717, 1.165) is 29.2 Å². The Hall–Kier alpha value is -1.75. The van der Waals surface area contributed by atoms with E-state index in [2.05, 4.69) is 30.3 Å². The molecule has 0 saturated carbocycles. The summed E-state index contributed by atoms with van der Waals surface area (Å²) in [5, 5.41) is 10.9. The van der Waals surface area contributed by atoms with Crippen molar-refractivity contribution in [3.63, 3.8) is 0 Å². The van der Waals surface area contributed by atoms with Crippen LogP contribution in [0.4, 0.5) is 0 Å². The van der Waals surface area contributed by atoms with Gasteiger partial charge >= 0.3 is 0 Å². The minimum absolute atomic E-state index is 0.562. The minimum atomic E-state index is -2.19. The van der Waals surface area contributed by atoms with Gasteiger partial charge in [-0.1, -0.05) is 72.5 Å². The van der Waals surface area contributed by atoms with Crippen molar-refractivity contribution >= 4 is 34.3 Å². The third-order valence-corrected chi connectivity index (χ3v) is 7.48. The van der Waals surface area contributed by atoms with Crippen molar-refractivity contribution in [2.24, 2.45) is 4.76 Å². The number of hydrogen-bond donors (Lipinski definition) is 0. The van der Waals surface area contributed by atoms with Crippen molar-refractivity contribution in [3.8, 4) is 6.07 Å². The lowest BCUT2D eigenvalue weighted by Crippen LogP contribution is -2.15. The molecule has 2 aromatic carbocycles. The standard InChI is InChI=1S/C18H19N2PS/c1-16(10-8-9-15-19)20-21(22,17-11-4-2-5-12-17)18-13-6-3-7-14-18/h2-7,11-14H,8-10H2,1H3/b20-16+. The van der Waals surface area contributed by atoms with Gasteiger partial charge in [-0.05, 0) is 19.8 Å². The molecule has 0 amide bonds. The molecule has 0 saturated heterocycles. The third-order valence-electron chi connectivity index (χ3n) is 3.35. The highest BCUT2D eigenvalue weighted by Crippen LogP contribution is 2.45. The lowest BCUT2D eigenvalue weighted by Gasteiger charge is -2.20. The van der Waals surface area contributed by atoms with Crippen LogP contribution in [-0.2, 0) is 11.8 Å². The highest BCUT2D eigenvalue weighted by molar-refractivity contribution is 8.21. The van der Waals surface area contributed by atoms with E-state index in [9.17, 15) is 0 Å². The average molecular weight is 326 g/mol. The van der Waals surface area contributed by atoms with E-state index in [0.29, 0.717) is 6.42 Å². The van der Waals surface area contributed by atoms with Crippen LogP contribution in [0.2, 0.25) is 0 Å². The molecule has 0 radical (unpaired) electrons. The number of nitriles is 1. The monoisotopic (exact) mass is 326 g/mol. The first-order valence-corrected chi connectivity index (χ1v) is 10.1. The summed E-state index contributed by atoms with van der Waals surface area (Å²) in [4.78, 5) is 0. The van der Waals surface area contributed by atoms with E-state index in [-0.39, 0.29) is 0 Å². The van der Waals surface area contributed by atoms with Crippen LogP contribution in [0.1, 0.15) is 26.2 Å². The number of hydrogen-bond acceptors (Lipinski definition) is 2. The summed E-state index contributed by atoms with van der Waals surface area (Å²) < 4.78 is 4.95. The Morgan fingerprint density at radius 2 is 1.55 bits per heavy atom. The predicted molar refractivity (Wildman–Crippen MR) is 99.0 cm³/mol. The Kier molecular flexibility index (Phi) is 6.07. The summed E-state index contributed by atoms with van der Waals surface area (Å²) in [6.45, 7) is 2.02. The van der Waals surface area contributed by atoms with Gasteiger partial charge < -0.3 is 0 Å². The van der Waals surface area contributed by atoms with Gasteiger partial charge in [-0.25, -0.2) is 0 Å². The quantitative estimate of drug-likeness (QED) is 0.453. The number of unbranched alkanes of at least 4 members (excludes halogenated alkanes) is 1. The van der Waals surface area contributed by atoms with Crippen molar-refractivity contribution in [2.45, 2.75) is 26.2 Å². The van der Waals surface area contributed by atoms with Crippen LogP contribution < -0.4 is 10.6 Å². The maximum Gasteiger partial charge on any atom is 0.112 e. The second kappa shape index (κ2) is 8.03. The lowest BCUT2D eigenvalue weighted by atomic mass is 10.2. The molecule has 0 unspecified atom stereocenters. The first kappa shape index (κ1) is 16.6.